The van der Waals surface area contributed by atoms with Crippen LogP contribution in [0.25, 0.3) is 11.5 Å². The number of imidazole rings is 1. The second kappa shape index (κ2) is 6.59. The van der Waals surface area contributed by atoms with E-state index in [9.17, 15) is 4.79 Å². The summed E-state index contributed by atoms with van der Waals surface area (Å²) in [5, 5.41) is 3.54. The maximum absolute atomic E-state index is 13.1. The molecule has 1 atom stereocenters. The van der Waals surface area contributed by atoms with Crippen LogP contribution in [-0.2, 0) is 19.5 Å². The fraction of sp³-hybridized carbons (Fsp3) is 0.450. The third-order valence-electron chi connectivity index (χ3n) is 4.90. The zero-order chi connectivity index (χ0) is 18.3. The maximum Gasteiger partial charge on any atom is 0.331 e. The van der Waals surface area contributed by atoms with Gasteiger partial charge in [0.15, 0.2) is 5.82 Å². The van der Waals surface area contributed by atoms with Crippen LogP contribution in [0.1, 0.15) is 44.5 Å². The van der Waals surface area contributed by atoms with Crippen LogP contribution in [0, 0.1) is 0 Å². The van der Waals surface area contributed by atoms with Gasteiger partial charge in [-0.1, -0.05) is 51.1 Å². The fourth-order valence-corrected chi connectivity index (χ4v) is 3.63. The largest absolute Gasteiger partial charge is 0.365 e. The first-order valence-electron chi connectivity index (χ1n) is 9.40. The van der Waals surface area contributed by atoms with E-state index in [-0.39, 0.29) is 17.6 Å². The second-order valence-electron chi connectivity index (χ2n) is 7.33. The summed E-state index contributed by atoms with van der Waals surface area (Å²) < 4.78 is 3.62. The molecule has 0 saturated carbocycles. The molecule has 0 unspecified atom stereocenters. The van der Waals surface area contributed by atoms with E-state index in [0.29, 0.717) is 18.9 Å². The molecular weight excluding hydrogens is 326 g/mol. The third kappa shape index (κ3) is 2.79. The van der Waals surface area contributed by atoms with Crippen LogP contribution in [0.4, 0.5) is 5.82 Å². The molecule has 6 heteroatoms. The Morgan fingerprint density at radius 2 is 2.00 bits per heavy atom. The lowest BCUT2D eigenvalue weighted by Gasteiger charge is -2.13. The Hall–Kier alpha value is -2.63. The van der Waals surface area contributed by atoms with Crippen LogP contribution < -0.4 is 11.0 Å². The number of aromatic nitrogens is 4. The quantitative estimate of drug-likeness (QED) is 0.767. The molecule has 0 fully saturated rings. The van der Waals surface area contributed by atoms with E-state index in [2.05, 4.69) is 55.3 Å². The number of fused-ring (bicyclic) bond motifs is 3. The summed E-state index contributed by atoms with van der Waals surface area (Å²) in [6.07, 6.45) is 1.77. The molecule has 0 radical (unpaired) electrons. The van der Waals surface area contributed by atoms with E-state index < -0.39 is 0 Å². The van der Waals surface area contributed by atoms with Crippen molar-refractivity contribution in [3.05, 3.63) is 52.2 Å². The van der Waals surface area contributed by atoms with Gasteiger partial charge < -0.3 is 5.32 Å². The Balaban J connectivity index is 1.76. The molecule has 6 nitrogen and oxygen atoms in total. The minimum absolute atomic E-state index is 0.00705. The highest BCUT2D eigenvalue weighted by molar-refractivity contribution is 5.70. The molecule has 4 rings (SSSR count). The van der Waals surface area contributed by atoms with E-state index in [1.165, 1.54) is 5.56 Å². The number of hydrogen-bond acceptors (Lipinski definition) is 4. The van der Waals surface area contributed by atoms with Gasteiger partial charge in [-0.3, -0.25) is 9.13 Å². The van der Waals surface area contributed by atoms with Gasteiger partial charge in [0.2, 0.25) is 0 Å². The highest BCUT2D eigenvalue weighted by Gasteiger charge is 2.31. The number of nitrogens with zero attached hydrogens (tertiary/aromatic N) is 4. The molecular formula is C20H25N5O. The highest BCUT2D eigenvalue weighted by atomic mass is 16.1. The molecule has 26 heavy (non-hydrogen) atoms. The lowest BCUT2D eigenvalue weighted by atomic mass is 10.1. The summed E-state index contributed by atoms with van der Waals surface area (Å²) in [5.41, 5.74) is 2.09. The van der Waals surface area contributed by atoms with Crippen LogP contribution in [0.15, 0.2) is 35.1 Å². The number of benzene rings is 1. The lowest BCUT2D eigenvalue weighted by molar-refractivity contribution is 0.560. The summed E-state index contributed by atoms with van der Waals surface area (Å²) >= 11 is 0. The normalized spacial score (nSPS) is 16.2. The molecule has 0 amide bonds. The Morgan fingerprint density at radius 3 is 2.69 bits per heavy atom. The average molecular weight is 351 g/mol. The smallest absolute Gasteiger partial charge is 0.331 e. The Morgan fingerprint density at radius 1 is 1.23 bits per heavy atom. The van der Waals surface area contributed by atoms with Crippen molar-refractivity contribution in [2.24, 2.45) is 0 Å². The molecule has 136 valence electrons. The predicted octanol–water partition coefficient (Wildman–Crippen LogP) is 3.11. The first kappa shape index (κ1) is 16.8. The molecule has 0 aliphatic carbocycles. The molecule has 0 aromatic heterocycles. The van der Waals surface area contributed by atoms with E-state index in [1.54, 1.807) is 4.57 Å². The maximum atomic E-state index is 13.1. The predicted molar refractivity (Wildman–Crippen MR) is 103 cm³/mol. The zero-order valence-electron chi connectivity index (χ0n) is 15.6. The van der Waals surface area contributed by atoms with Crippen LogP contribution >= 0.6 is 0 Å². The molecule has 1 aromatic carbocycles. The molecule has 3 heterocycles. The van der Waals surface area contributed by atoms with Crippen molar-refractivity contribution in [1.29, 1.82) is 0 Å². The van der Waals surface area contributed by atoms with Crippen molar-refractivity contribution in [1.82, 2.24) is 19.1 Å². The number of rotatable bonds is 5. The van der Waals surface area contributed by atoms with E-state index in [4.69, 9.17) is 4.98 Å². The number of anilines is 1. The zero-order valence-corrected chi connectivity index (χ0v) is 15.6. The Labute approximate surface area is 153 Å². The van der Waals surface area contributed by atoms with E-state index >= 15 is 0 Å². The summed E-state index contributed by atoms with van der Waals surface area (Å²) in [4.78, 5) is 22.5. The average Bonchev–Trinajstić information content (AvgIpc) is 3.24. The van der Waals surface area contributed by atoms with Gasteiger partial charge in [0.25, 0.3) is 0 Å². The fourth-order valence-electron chi connectivity index (χ4n) is 3.63. The van der Waals surface area contributed by atoms with Crippen molar-refractivity contribution in [3.8, 4) is 11.5 Å². The first-order chi connectivity index (χ1) is 12.6. The van der Waals surface area contributed by atoms with Gasteiger partial charge in [-0.05, 0) is 18.4 Å². The monoisotopic (exact) mass is 351 g/mol. The van der Waals surface area contributed by atoms with Gasteiger partial charge in [-0.2, -0.15) is 0 Å². The summed E-state index contributed by atoms with van der Waals surface area (Å²) in [7, 11) is 0. The van der Waals surface area contributed by atoms with E-state index in [1.807, 2.05) is 10.6 Å². The number of hydrogen-bond donors (Lipinski definition) is 1. The van der Waals surface area contributed by atoms with Gasteiger partial charge in [0, 0.05) is 25.0 Å². The SMILES string of the molecule is CCCn1c2nc(C(C)C)nc-2c2n(c1=O)C[C@@H](Cc1ccccc1)N2. The van der Waals surface area contributed by atoms with Crippen LogP contribution in [0.3, 0.4) is 0 Å². The van der Waals surface area contributed by atoms with Crippen LogP contribution in [0.2, 0.25) is 0 Å². The van der Waals surface area contributed by atoms with Crippen molar-refractivity contribution >= 4 is 5.82 Å². The standard InChI is InChI=1S/C20H25N5O/c1-4-10-24-19-16(22-17(23-19)13(2)3)18-21-15(12-25(18)20(24)26)11-14-8-6-5-7-9-14/h5-9,13,15,21H,4,10-12H2,1-3H3/t15-/m1/s1. The molecule has 1 aromatic rings. The Kier molecular flexibility index (Phi) is 4.26. The van der Waals surface area contributed by atoms with Gasteiger partial charge in [0.1, 0.15) is 17.3 Å². The molecule has 0 spiro atoms. The van der Waals surface area contributed by atoms with Crippen LogP contribution in [-0.4, -0.2) is 25.1 Å². The minimum atomic E-state index is 0.00705. The van der Waals surface area contributed by atoms with Crippen LogP contribution in [0.5, 0.6) is 0 Å². The Bertz CT molecular complexity index is 941. The summed E-state index contributed by atoms with van der Waals surface area (Å²) in [6, 6.07) is 10.6. The summed E-state index contributed by atoms with van der Waals surface area (Å²) in [6.45, 7) is 7.55. The molecule has 0 bridgehead atoms. The minimum Gasteiger partial charge on any atom is -0.365 e. The topological polar surface area (TPSA) is 64.7 Å². The number of nitrogens with one attached hydrogen (secondary N) is 1. The van der Waals surface area contributed by atoms with Gasteiger partial charge in [0.05, 0.1) is 0 Å². The third-order valence-corrected chi connectivity index (χ3v) is 4.90. The van der Waals surface area contributed by atoms with Crippen molar-refractivity contribution < 1.29 is 0 Å². The highest BCUT2D eigenvalue weighted by Crippen LogP contribution is 2.32. The molecule has 1 N–H and O–H groups in total. The van der Waals surface area contributed by atoms with Crippen molar-refractivity contribution in [2.45, 2.75) is 58.7 Å². The summed E-state index contributed by atoms with van der Waals surface area (Å²) in [5.74, 6) is 2.55. The van der Waals surface area contributed by atoms with Crippen molar-refractivity contribution in [3.63, 3.8) is 0 Å². The van der Waals surface area contributed by atoms with Gasteiger partial charge >= 0.3 is 5.69 Å². The van der Waals surface area contributed by atoms with Crippen molar-refractivity contribution in [2.75, 3.05) is 5.32 Å². The molecule has 0 saturated heterocycles. The van der Waals surface area contributed by atoms with E-state index in [0.717, 1.165) is 30.2 Å². The van der Waals surface area contributed by atoms with Gasteiger partial charge in [-0.25, -0.2) is 14.8 Å². The second-order valence-corrected chi connectivity index (χ2v) is 7.33. The lowest BCUT2D eigenvalue weighted by Crippen LogP contribution is -2.32. The molecule has 3 aliphatic heterocycles. The molecule has 3 aliphatic rings. The first-order valence-corrected chi connectivity index (χ1v) is 9.40. The van der Waals surface area contributed by atoms with Gasteiger partial charge in [-0.15, -0.1) is 0 Å².